The van der Waals surface area contributed by atoms with Gasteiger partial charge in [-0.05, 0) is 46.9 Å². The zero-order valence-electron chi connectivity index (χ0n) is 10.6. The monoisotopic (exact) mass is 374 g/mol. The Morgan fingerprint density at radius 3 is 2.74 bits per heavy atom. The van der Waals surface area contributed by atoms with Crippen molar-refractivity contribution in [3.8, 4) is 0 Å². The van der Waals surface area contributed by atoms with Gasteiger partial charge in [-0.15, -0.1) is 0 Å². The number of benzene rings is 1. The second-order valence-corrected chi connectivity index (χ2v) is 6.43. The van der Waals surface area contributed by atoms with Gasteiger partial charge in [0.2, 0.25) is 0 Å². The third kappa shape index (κ3) is 3.23. The Balaban J connectivity index is 2.09. The van der Waals surface area contributed by atoms with E-state index >= 15 is 0 Å². The Morgan fingerprint density at radius 1 is 1.53 bits per heavy atom. The van der Waals surface area contributed by atoms with Crippen LogP contribution < -0.4 is 5.32 Å². The summed E-state index contributed by atoms with van der Waals surface area (Å²) in [7, 11) is 0. The molecule has 2 rings (SSSR count). The molecule has 0 unspecified atom stereocenters. The van der Waals surface area contributed by atoms with Crippen LogP contribution in [0, 0.1) is 19.1 Å². The molecule has 1 fully saturated rings. The summed E-state index contributed by atoms with van der Waals surface area (Å²) in [5.41, 5.74) is 0.514. The van der Waals surface area contributed by atoms with E-state index < -0.39 is 4.92 Å². The van der Waals surface area contributed by atoms with Crippen molar-refractivity contribution in [1.29, 1.82) is 0 Å². The van der Waals surface area contributed by atoms with Crippen LogP contribution in [-0.2, 0) is 0 Å². The lowest BCUT2D eigenvalue weighted by atomic mass is 9.70. The molecule has 0 aliphatic heterocycles. The summed E-state index contributed by atoms with van der Waals surface area (Å²) in [6, 6.07) is 4.34. The van der Waals surface area contributed by atoms with Crippen LogP contribution in [-0.4, -0.2) is 17.4 Å². The molecule has 0 radical (unpaired) electrons. The lowest BCUT2D eigenvalue weighted by Crippen LogP contribution is -2.40. The van der Waals surface area contributed by atoms with Crippen molar-refractivity contribution in [3.05, 3.63) is 37.4 Å². The van der Waals surface area contributed by atoms with Gasteiger partial charge in [0.15, 0.2) is 0 Å². The number of amides is 1. The molecule has 19 heavy (non-hydrogen) atoms. The van der Waals surface area contributed by atoms with Crippen LogP contribution in [0.4, 0.5) is 5.69 Å². The Kier molecular flexibility index (Phi) is 4.07. The van der Waals surface area contributed by atoms with E-state index in [9.17, 15) is 14.9 Å². The van der Waals surface area contributed by atoms with Gasteiger partial charge in [-0.2, -0.15) is 0 Å². The van der Waals surface area contributed by atoms with Gasteiger partial charge < -0.3 is 5.32 Å². The molecule has 0 heterocycles. The smallest absolute Gasteiger partial charge is 0.270 e. The Hall–Kier alpha value is -1.18. The molecule has 1 N–H and O–H groups in total. The number of nitrogens with one attached hydrogen (secondary N) is 1. The predicted octanol–water partition coefficient (Wildman–Crippen LogP) is 3.12. The number of rotatable bonds is 4. The van der Waals surface area contributed by atoms with E-state index in [4.69, 9.17) is 0 Å². The second-order valence-electron chi connectivity index (χ2n) is 5.27. The molecule has 0 saturated heterocycles. The van der Waals surface area contributed by atoms with Crippen LogP contribution in [0.3, 0.4) is 0 Å². The number of hydrogen-bond acceptors (Lipinski definition) is 3. The second kappa shape index (κ2) is 5.44. The lowest BCUT2D eigenvalue weighted by Gasteiger charge is -2.38. The van der Waals surface area contributed by atoms with Gasteiger partial charge >= 0.3 is 0 Å². The highest BCUT2D eigenvalue weighted by Gasteiger charge is 2.32. The minimum atomic E-state index is -0.486. The molecule has 1 aromatic carbocycles. The number of nitro groups is 1. The molecule has 0 aromatic heterocycles. The summed E-state index contributed by atoms with van der Waals surface area (Å²) in [4.78, 5) is 22.3. The average molecular weight is 374 g/mol. The van der Waals surface area contributed by atoms with E-state index in [-0.39, 0.29) is 17.0 Å². The quantitative estimate of drug-likeness (QED) is 0.500. The average Bonchev–Trinajstić information content (AvgIpc) is 2.34. The molecule has 1 aromatic rings. The molecule has 0 spiro atoms. The SMILES string of the molecule is CC1(CNC(=O)c2cc([N+](=O)[O-])ccc2I)CCC1. The number of nitro benzene ring substituents is 1. The van der Waals surface area contributed by atoms with Gasteiger partial charge in [-0.1, -0.05) is 13.3 Å². The highest BCUT2D eigenvalue weighted by atomic mass is 127. The maximum absolute atomic E-state index is 12.1. The fourth-order valence-corrected chi connectivity index (χ4v) is 2.73. The van der Waals surface area contributed by atoms with Gasteiger partial charge in [0.25, 0.3) is 11.6 Å². The molecule has 102 valence electrons. The fraction of sp³-hybridized carbons (Fsp3) is 0.462. The number of non-ortho nitro benzene ring substituents is 1. The van der Waals surface area contributed by atoms with Gasteiger partial charge in [-0.25, -0.2) is 0 Å². The molecule has 1 amide bonds. The first-order valence-electron chi connectivity index (χ1n) is 6.13. The topological polar surface area (TPSA) is 72.2 Å². The maximum atomic E-state index is 12.1. The van der Waals surface area contributed by atoms with Crippen LogP contribution in [0.25, 0.3) is 0 Å². The van der Waals surface area contributed by atoms with Crippen molar-refractivity contribution in [3.63, 3.8) is 0 Å². The fourth-order valence-electron chi connectivity index (χ4n) is 2.15. The first-order valence-corrected chi connectivity index (χ1v) is 7.21. The summed E-state index contributed by atoms with van der Waals surface area (Å²) in [6.07, 6.45) is 3.46. The van der Waals surface area contributed by atoms with Crippen molar-refractivity contribution < 1.29 is 9.72 Å². The summed E-state index contributed by atoms with van der Waals surface area (Å²) < 4.78 is 0.722. The first-order chi connectivity index (χ1) is 8.91. The van der Waals surface area contributed by atoms with Crippen LogP contribution in [0.15, 0.2) is 18.2 Å². The van der Waals surface area contributed by atoms with Crippen molar-refractivity contribution in [1.82, 2.24) is 5.32 Å². The zero-order valence-corrected chi connectivity index (χ0v) is 12.8. The number of carbonyl (C=O) groups is 1. The highest BCUT2D eigenvalue weighted by Crippen LogP contribution is 2.39. The van der Waals surface area contributed by atoms with Gasteiger partial charge in [-0.3, -0.25) is 14.9 Å². The van der Waals surface area contributed by atoms with Crippen molar-refractivity contribution in [2.24, 2.45) is 5.41 Å². The number of carbonyl (C=O) groups excluding carboxylic acids is 1. The molecular weight excluding hydrogens is 359 g/mol. The van der Waals surface area contributed by atoms with Crippen LogP contribution in [0.2, 0.25) is 0 Å². The Morgan fingerprint density at radius 2 is 2.21 bits per heavy atom. The largest absolute Gasteiger partial charge is 0.351 e. The molecule has 6 heteroatoms. The van der Waals surface area contributed by atoms with Gasteiger partial charge in [0.1, 0.15) is 0 Å². The standard InChI is InChI=1S/C13H15IN2O3/c1-13(5-2-6-13)8-15-12(17)10-7-9(16(18)19)3-4-11(10)14/h3-4,7H,2,5-6,8H2,1H3,(H,15,17). The number of halogens is 1. The Labute approximate surface area is 125 Å². The molecule has 0 atom stereocenters. The minimum Gasteiger partial charge on any atom is -0.351 e. The molecular formula is C13H15IN2O3. The van der Waals surface area contributed by atoms with Gasteiger partial charge in [0.05, 0.1) is 10.5 Å². The van der Waals surface area contributed by atoms with Crippen LogP contribution in [0.1, 0.15) is 36.5 Å². The van der Waals surface area contributed by atoms with Crippen molar-refractivity contribution in [2.45, 2.75) is 26.2 Å². The maximum Gasteiger partial charge on any atom is 0.270 e. The van der Waals surface area contributed by atoms with Crippen LogP contribution >= 0.6 is 22.6 Å². The highest BCUT2D eigenvalue weighted by molar-refractivity contribution is 14.1. The van der Waals surface area contributed by atoms with E-state index in [1.807, 2.05) is 22.6 Å². The molecule has 1 aliphatic rings. The van der Waals surface area contributed by atoms with E-state index in [2.05, 4.69) is 12.2 Å². The zero-order chi connectivity index (χ0) is 14.0. The predicted molar refractivity (Wildman–Crippen MR) is 80.1 cm³/mol. The number of hydrogen-bond donors (Lipinski definition) is 1. The van der Waals surface area contributed by atoms with E-state index in [0.29, 0.717) is 12.1 Å². The van der Waals surface area contributed by atoms with Crippen molar-refractivity contribution in [2.75, 3.05) is 6.54 Å². The Bertz CT molecular complexity index is 527. The summed E-state index contributed by atoms with van der Waals surface area (Å²) >= 11 is 2.02. The van der Waals surface area contributed by atoms with E-state index in [1.54, 1.807) is 6.07 Å². The van der Waals surface area contributed by atoms with Crippen LogP contribution in [0.5, 0.6) is 0 Å². The van der Waals surface area contributed by atoms with E-state index in [0.717, 1.165) is 16.4 Å². The molecule has 0 bridgehead atoms. The molecule has 1 aliphatic carbocycles. The summed E-state index contributed by atoms with van der Waals surface area (Å²) in [5.74, 6) is -0.235. The van der Waals surface area contributed by atoms with Crippen molar-refractivity contribution >= 4 is 34.2 Å². The lowest BCUT2D eigenvalue weighted by molar-refractivity contribution is -0.384. The minimum absolute atomic E-state index is 0.0552. The van der Waals surface area contributed by atoms with E-state index in [1.165, 1.54) is 18.6 Å². The first kappa shape index (κ1) is 14.2. The number of nitrogens with zero attached hydrogens (tertiary/aromatic N) is 1. The summed E-state index contributed by atoms with van der Waals surface area (Å²) in [5, 5.41) is 13.6. The molecule has 1 saturated carbocycles. The van der Waals surface area contributed by atoms with Gasteiger partial charge in [0, 0.05) is 22.2 Å². The summed E-state index contributed by atoms with van der Waals surface area (Å²) in [6.45, 7) is 2.78. The third-order valence-corrected chi connectivity index (χ3v) is 4.58. The normalized spacial score (nSPS) is 16.5. The third-order valence-electron chi connectivity index (χ3n) is 3.64. The molecule has 5 nitrogen and oxygen atoms in total.